The first-order chi connectivity index (χ1) is 10.8. The van der Waals surface area contributed by atoms with Gasteiger partial charge in [-0.25, -0.2) is 0 Å². The topological polar surface area (TPSA) is 3.24 Å². The number of fused-ring (bicyclic) bond motifs is 2. The minimum atomic E-state index is 0.778. The fraction of sp³-hybridized carbons (Fsp3) is 0.400. The summed E-state index contributed by atoms with van der Waals surface area (Å²) in [4.78, 5) is 2.67. The van der Waals surface area contributed by atoms with E-state index in [4.69, 9.17) is 0 Å². The first-order valence-corrected chi connectivity index (χ1v) is 9.10. The van der Waals surface area contributed by atoms with Crippen LogP contribution in [0.1, 0.15) is 29.9 Å². The minimum absolute atomic E-state index is 0.778. The van der Waals surface area contributed by atoms with E-state index in [0.29, 0.717) is 0 Å². The highest BCUT2D eigenvalue weighted by Crippen LogP contribution is 2.48. The zero-order valence-electron chi connectivity index (χ0n) is 12.8. The summed E-state index contributed by atoms with van der Waals surface area (Å²) < 4.78 is 1.19. The molecule has 2 aromatic rings. The van der Waals surface area contributed by atoms with Gasteiger partial charge in [-0.15, -0.1) is 0 Å². The van der Waals surface area contributed by atoms with Crippen molar-refractivity contribution in [1.29, 1.82) is 0 Å². The maximum atomic E-state index is 3.55. The molecule has 2 bridgehead atoms. The number of piperidine rings is 1. The third kappa shape index (κ3) is 2.87. The third-order valence-electron chi connectivity index (χ3n) is 5.41. The predicted octanol–water partition coefficient (Wildman–Crippen LogP) is 5.07. The Hall–Kier alpha value is -1.12. The molecular weight excluding hydrogens is 334 g/mol. The van der Waals surface area contributed by atoms with Crippen molar-refractivity contribution in [1.82, 2.24) is 4.90 Å². The maximum Gasteiger partial charge on any atom is 0.0233 e. The van der Waals surface area contributed by atoms with Crippen molar-refractivity contribution >= 4 is 15.9 Å². The Labute approximate surface area is 141 Å². The Kier molecular flexibility index (Phi) is 4.06. The van der Waals surface area contributed by atoms with Gasteiger partial charge in [-0.3, -0.25) is 4.90 Å². The van der Waals surface area contributed by atoms with E-state index in [1.54, 1.807) is 5.56 Å². The number of nitrogens with zero attached hydrogens (tertiary/aromatic N) is 1. The minimum Gasteiger partial charge on any atom is -0.298 e. The SMILES string of the molecule is Brc1ccc(C2C3CCC2CN(Cc2ccccc2)C3)cc1. The van der Waals surface area contributed by atoms with Gasteiger partial charge in [0, 0.05) is 24.1 Å². The van der Waals surface area contributed by atoms with E-state index in [2.05, 4.69) is 75.4 Å². The van der Waals surface area contributed by atoms with Crippen LogP contribution in [-0.2, 0) is 6.54 Å². The van der Waals surface area contributed by atoms with Gasteiger partial charge in [0.25, 0.3) is 0 Å². The van der Waals surface area contributed by atoms with Crippen LogP contribution in [0.3, 0.4) is 0 Å². The van der Waals surface area contributed by atoms with Crippen molar-refractivity contribution in [2.75, 3.05) is 13.1 Å². The number of benzene rings is 2. The van der Waals surface area contributed by atoms with Gasteiger partial charge in [-0.1, -0.05) is 58.4 Å². The molecule has 2 unspecified atom stereocenters. The largest absolute Gasteiger partial charge is 0.298 e. The molecule has 2 fully saturated rings. The second-order valence-corrected chi connectivity index (χ2v) is 7.77. The Bertz CT molecular complexity index is 608. The number of hydrogen-bond donors (Lipinski definition) is 0. The second-order valence-electron chi connectivity index (χ2n) is 6.85. The van der Waals surface area contributed by atoms with Gasteiger partial charge in [-0.2, -0.15) is 0 Å². The monoisotopic (exact) mass is 355 g/mol. The van der Waals surface area contributed by atoms with Crippen LogP contribution in [0, 0.1) is 11.8 Å². The molecule has 0 radical (unpaired) electrons. The Balaban J connectivity index is 1.48. The molecule has 4 rings (SSSR count). The molecule has 0 amide bonds. The van der Waals surface area contributed by atoms with Crippen molar-refractivity contribution in [3.63, 3.8) is 0 Å². The van der Waals surface area contributed by atoms with Crippen LogP contribution < -0.4 is 0 Å². The zero-order chi connectivity index (χ0) is 14.9. The van der Waals surface area contributed by atoms with Crippen LogP contribution in [0.25, 0.3) is 0 Å². The van der Waals surface area contributed by atoms with Crippen molar-refractivity contribution in [3.05, 3.63) is 70.2 Å². The molecule has 0 spiro atoms. The average molecular weight is 356 g/mol. The molecule has 1 nitrogen and oxygen atoms in total. The molecule has 1 aliphatic carbocycles. The summed E-state index contributed by atoms with van der Waals surface area (Å²) >= 11 is 3.55. The molecule has 114 valence electrons. The quantitative estimate of drug-likeness (QED) is 0.742. The standard InChI is InChI=1S/C20H22BrN/c21-19-10-8-16(9-11-19)20-17-6-7-18(20)14-22(13-17)12-15-4-2-1-3-5-15/h1-5,8-11,17-18,20H,6-7,12-14H2. The van der Waals surface area contributed by atoms with E-state index >= 15 is 0 Å². The van der Waals surface area contributed by atoms with Crippen molar-refractivity contribution in [2.45, 2.75) is 25.3 Å². The number of rotatable bonds is 3. The van der Waals surface area contributed by atoms with Crippen LogP contribution >= 0.6 is 15.9 Å². The van der Waals surface area contributed by atoms with Crippen LogP contribution in [0.4, 0.5) is 0 Å². The van der Waals surface area contributed by atoms with Crippen LogP contribution in [0.15, 0.2) is 59.1 Å². The lowest BCUT2D eigenvalue weighted by molar-refractivity contribution is 0.138. The van der Waals surface area contributed by atoms with Crippen LogP contribution in [0.2, 0.25) is 0 Å². The van der Waals surface area contributed by atoms with Gasteiger partial charge in [0.05, 0.1) is 0 Å². The third-order valence-corrected chi connectivity index (χ3v) is 5.94. The van der Waals surface area contributed by atoms with Crippen molar-refractivity contribution in [2.24, 2.45) is 11.8 Å². The Morgan fingerprint density at radius 2 is 1.50 bits per heavy atom. The summed E-state index contributed by atoms with van der Waals surface area (Å²) in [6, 6.07) is 20.0. The Morgan fingerprint density at radius 3 is 2.14 bits per heavy atom. The second kappa shape index (κ2) is 6.17. The molecule has 2 aliphatic rings. The molecule has 2 aromatic carbocycles. The molecule has 1 heterocycles. The van der Waals surface area contributed by atoms with E-state index in [0.717, 1.165) is 24.3 Å². The van der Waals surface area contributed by atoms with Gasteiger partial charge in [0.1, 0.15) is 0 Å². The van der Waals surface area contributed by atoms with E-state index < -0.39 is 0 Å². The van der Waals surface area contributed by atoms with Gasteiger partial charge in [0.2, 0.25) is 0 Å². The van der Waals surface area contributed by atoms with E-state index in [9.17, 15) is 0 Å². The van der Waals surface area contributed by atoms with Gasteiger partial charge < -0.3 is 0 Å². The molecular formula is C20H22BrN. The number of hydrogen-bond acceptors (Lipinski definition) is 1. The molecule has 1 saturated carbocycles. The molecule has 0 N–H and O–H groups in total. The summed E-state index contributed by atoms with van der Waals surface area (Å²) in [7, 11) is 0. The van der Waals surface area contributed by atoms with E-state index in [-0.39, 0.29) is 0 Å². The van der Waals surface area contributed by atoms with Crippen molar-refractivity contribution < 1.29 is 0 Å². The van der Waals surface area contributed by atoms with E-state index in [1.807, 2.05) is 0 Å². The average Bonchev–Trinajstić information content (AvgIpc) is 2.80. The maximum absolute atomic E-state index is 3.55. The molecule has 22 heavy (non-hydrogen) atoms. The zero-order valence-corrected chi connectivity index (χ0v) is 14.4. The summed E-state index contributed by atoms with van der Waals surface area (Å²) in [6.45, 7) is 3.62. The van der Waals surface area contributed by atoms with Gasteiger partial charge >= 0.3 is 0 Å². The fourth-order valence-corrected chi connectivity index (χ4v) is 4.78. The van der Waals surface area contributed by atoms with Gasteiger partial charge in [0.15, 0.2) is 0 Å². The van der Waals surface area contributed by atoms with Gasteiger partial charge in [-0.05, 0) is 53.9 Å². The lowest BCUT2D eigenvalue weighted by Crippen LogP contribution is -2.40. The lowest BCUT2D eigenvalue weighted by Gasteiger charge is -2.38. The highest BCUT2D eigenvalue weighted by Gasteiger charge is 2.42. The smallest absolute Gasteiger partial charge is 0.0233 e. The first-order valence-electron chi connectivity index (χ1n) is 8.31. The molecule has 1 saturated heterocycles. The fourth-order valence-electron chi connectivity index (χ4n) is 4.52. The highest BCUT2D eigenvalue weighted by atomic mass is 79.9. The number of halogens is 1. The molecule has 2 heteroatoms. The lowest BCUT2D eigenvalue weighted by atomic mass is 9.80. The highest BCUT2D eigenvalue weighted by molar-refractivity contribution is 9.10. The summed E-state index contributed by atoms with van der Waals surface area (Å²) in [5.74, 6) is 2.45. The van der Waals surface area contributed by atoms with Crippen molar-refractivity contribution in [3.8, 4) is 0 Å². The normalized spacial score (nSPS) is 28.0. The molecule has 2 atom stereocenters. The van der Waals surface area contributed by atoms with Crippen LogP contribution in [-0.4, -0.2) is 18.0 Å². The molecule has 0 aromatic heterocycles. The van der Waals surface area contributed by atoms with E-state index in [1.165, 1.54) is 36.0 Å². The summed E-state index contributed by atoms with van der Waals surface area (Å²) in [6.07, 6.45) is 2.80. The summed E-state index contributed by atoms with van der Waals surface area (Å²) in [5, 5.41) is 0. The molecule has 1 aliphatic heterocycles. The first kappa shape index (κ1) is 14.5. The predicted molar refractivity (Wildman–Crippen MR) is 94.8 cm³/mol. The summed E-state index contributed by atoms with van der Waals surface area (Å²) in [5.41, 5.74) is 3.00. The number of likely N-dealkylation sites (tertiary alicyclic amines) is 1. The van der Waals surface area contributed by atoms with Crippen LogP contribution in [0.5, 0.6) is 0 Å². The Morgan fingerprint density at radius 1 is 0.864 bits per heavy atom.